The van der Waals surface area contributed by atoms with Gasteiger partial charge < -0.3 is 10.1 Å². The van der Waals surface area contributed by atoms with Gasteiger partial charge in [-0.2, -0.15) is 5.26 Å². The lowest BCUT2D eigenvalue weighted by atomic mass is 10.1. The van der Waals surface area contributed by atoms with Crippen LogP contribution in [-0.4, -0.2) is 7.11 Å². The molecule has 0 spiro atoms. The Morgan fingerprint density at radius 3 is 2.75 bits per heavy atom. The maximum atomic E-state index is 13.8. The molecule has 2 aromatic rings. The number of ether oxygens (including phenoxy) is 1. The number of benzene rings is 2. The van der Waals surface area contributed by atoms with Crippen LogP contribution in [0.25, 0.3) is 0 Å². The highest BCUT2D eigenvalue weighted by Crippen LogP contribution is 2.25. The highest BCUT2D eigenvalue weighted by molar-refractivity contribution is 5.51. The molecule has 0 saturated heterocycles. The van der Waals surface area contributed by atoms with Crippen LogP contribution in [0.1, 0.15) is 24.1 Å². The van der Waals surface area contributed by atoms with Gasteiger partial charge >= 0.3 is 0 Å². The molecule has 2 aromatic carbocycles. The van der Waals surface area contributed by atoms with Gasteiger partial charge in [0.2, 0.25) is 0 Å². The topological polar surface area (TPSA) is 45.0 Å². The summed E-state index contributed by atoms with van der Waals surface area (Å²) in [6.45, 7) is 1.91. The Morgan fingerprint density at radius 1 is 1.25 bits per heavy atom. The van der Waals surface area contributed by atoms with Crippen LogP contribution in [0.3, 0.4) is 0 Å². The Labute approximate surface area is 117 Å². The summed E-state index contributed by atoms with van der Waals surface area (Å²) in [4.78, 5) is 0. The van der Waals surface area contributed by atoms with Crippen LogP contribution in [0.4, 0.5) is 10.1 Å². The highest BCUT2D eigenvalue weighted by Gasteiger charge is 2.10. The smallest absolute Gasteiger partial charge is 0.146 e. The number of nitrogens with one attached hydrogen (secondary N) is 1. The van der Waals surface area contributed by atoms with Crippen molar-refractivity contribution in [1.82, 2.24) is 0 Å². The first-order valence-corrected chi connectivity index (χ1v) is 6.24. The van der Waals surface area contributed by atoms with Crippen molar-refractivity contribution in [3.8, 4) is 11.8 Å². The zero-order valence-corrected chi connectivity index (χ0v) is 11.4. The van der Waals surface area contributed by atoms with Crippen LogP contribution in [0.5, 0.6) is 5.75 Å². The van der Waals surface area contributed by atoms with Crippen LogP contribution in [-0.2, 0) is 0 Å². The third kappa shape index (κ3) is 3.07. The fourth-order valence-corrected chi connectivity index (χ4v) is 1.94. The zero-order chi connectivity index (χ0) is 14.5. The summed E-state index contributed by atoms with van der Waals surface area (Å²) in [6, 6.07) is 13.8. The summed E-state index contributed by atoms with van der Waals surface area (Å²) in [5.74, 6) is 0.251. The Morgan fingerprint density at radius 2 is 2.05 bits per heavy atom. The van der Waals surface area contributed by atoms with Gasteiger partial charge in [0.25, 0.3) is 0 Å². The Balaban J connectivity index is 2.23. The summed E-state index contributed by atoms with van der Waals surface area (Å²) < 4.78 is 18.8. The van der Waals surface area contributed by atoms with E-state index >= 15 is 0 Å². The molecule has 0 aliphatic heterocycles. The van der Waals surface area contributed by atoms with Crippen molar-refractivity contribution in [1.29, 1.82) is 5.26 Å². The number of nitrogens with zero attached hydrogens (tertiary/aromatic N) is 1. The molecule has 0 aromatic heterocycles. The van der Waals surface area contributed by atoms with Gasteiger partial charge in [-0.15, -0.1) is 0 Å². The quantitative estimate of drug-likeness (QED) is 0.917. The van der Waals surface area contributed by atoms with Gasteiger partial charge in [-0.25, -0.2) is 4.39 Å². The van der Waals surface area contributed by atoms with Crippen LogP contribution in [0.15, 0.2) is 42.5 Å². The van der Waals surface area contributed by atoms with E-state index in [4.69, 9.17) is 10.00 Å². The van der Waals surface area contributed by atoms with Crippen LogP contribution in [0, 0.1) is 17.1 Å². The summed E-state index contributed by atoms with van der Waals surface area (Å²) in [5.41, 5.74) is 1.88. The van der Waals surface area contributed by atoms with E-state index in [-0.39, 0.29) is 11.9 Å². The Hall–Kier alpha value is -2.54. The number of methoxy groups -OCH3 is 1. The number of hydrogen-bond donors (Lipinski definition) is 1. The Bertz CT molecular complexity index is 649. The molecule has 0 saturated carbocycles. The molecule has 0 aliphatic carbocycles. The number of halogens is 1. The van der Waals surface area contributed by atoms with Crippen molar-refractivity contribution < 1.29 is 9.13 Å². The summed E-state index contributed by atoms with van der Waals surface area (Å²) >= 11 is 0. The number of anilines is 1. The first kappa shape index (κ1) is 13.9. The molecule has 1 unspecified atom stereocenters. The molecule has 0 amide bonds. The molecular weight excluding hydrogens is 255 g/mol. The van der Waals surface area contributed by atoms with Crippen molar-refractivity contribution in [2.75, 3.05) is 12.4 Å². The van der Waals surface area contributed by atoms with Gasteiger partial charge in [0.05, 0.1) is 24.4 Å². The maximum Gasteiger partial charge on any atom is 0.146 e. The average molecular weight is 270 g/mol. The second kappa shape index (κ2) is 6.07. The van der Waals surface area contributed by atoms with Gasteiger partial charge in [0, 0.05) is 12.1 Å². The van der Waals surface area contributed by atoms with Gasteiger partial charge in [-0.3, -0.25) is 0 Å². The SMILES string of the molecule is COc1ccc(F)c(NC(C)c2cccc(C#N)c2)c1. The van der Waals surface area contributed by atoms with E-state index in [0.717, 1.165) is 5.56 Å². The van der Waals surface area contributed by atoms with E-state index in [0.29, 0.717) is 17.0 Å². The average Bonchev–Trinajstić information content (AvgIpc) is 2.49. The lowest BCUT2D eigenvalue weighted by Crippen LogP contribution is -2.08. The van der Waals surface area contributed by atoms with E-state index in [9.17, 15) is 4.39 Å². The van der Waals surface area contributed by atoms with E-state index in [1.807, 2.05) is 19.1 Å². The molecule has 1 N–H and O–H groups in total. The normalized spacial score (nSPS) is 11.5. The fourth-order valence-electron chi connectivity index (χ4n) is 1.94. The molecule has 20 heavy (non-hydrogen) atoms. The van der Waals surface area contributed by atoms with E-state index < -0.39 is 0 Å². The fraction of sp³-hybridized carbons (Fsp3) is 0.188. The lowest BCUT2D eigenvalue weighted by molar-refractivity contribution is 0.414. The minimum Gasteiger partial charge on any atom is -0.497 e. The predicted molar refractivity (Wildman–Crippen MR) is 76.1 cm³/mol. The minimum absolute atomic E-state index is 0.120. The van der Waals surface area contributed by atoms with Crippen molar-refractivity contribution in [2.45, 2.75) is 13.0 Å². The summed E-state index contributed by atoms with van der Waals surface area (Å²) in [7, 11) is 1.54. The van der Waals surface area contributed by atoms with Crippen molar-refractivity contribution in [2.24, 2.45) is 0 Å². The van der Waals surface area contributed by atoms with Crippen molar-refractivity contribution >= 4 is 5.69 Å². The molecule has 3 nitrogen and oxygen atoms in total. The van der Waals surface area contributed by atoms with E-state index in [2.05, 4.69) is 11.4 Å². The van der Waals surface area contributed by atoms with Gasteiger partial charge in [-0.05, 0) is 36.8 Å². The van der Waals surface area contributed by atoms with Gasteiger partial charge in [0.15, 0.2) is 0 Å². The highest BCUT2D eigenvalue weighted by atomic mass is 19.1. The monoisotopic (exact) mass is 270 g/mol. The van der Waals surface area contributed by atoms with Crippen LogP contribution in [0.2, 0.25) is 0 Å². The standard InChI is InChI=1S/C16H15FN2O/c1-11(13-5-3-4-12(8-13)10-18)19-16-9-14(20-2)6-7-15(16)17/h3-9,11,19H,1-2H3. The number of rotatable bonds is 4. The molecule has 2 rings (SSSR count). The molecule has 4 heteroatoms. The third-order valence-electron chi connectivity index (χ3n) is 3.06. The molecule has 102 valence electrons. The lowest BCUT2D eigenvalue weighted by Gasteiger charge is -2.17. The molecule has 0 aliphatic rings. The van der Waals surface area contributed by atoms with Gasteiger partial charge in [-0.1, -0.05) is 12.1 Å². The maximum absolute atomic E-state index is 13.8. The van der Waals surface area contributed by atoms with Crippen LogP contribution >= 0.6 is 0 Å². The van der Waals surface area contributed by atoms with E-state index in [1.165, 1.54) is 13.2 Å². The van der Waals surface area contributed by atoms with E-state index in [1.54, 1.807) is 24.3 Å². The van der Waals surface area contributed by atoms with Crippen molar-refractivity contribution in [3.05, 3.63) is 59.4 Å². The van der Waals surface area contributed by atoms with Crippen LogP contribution < -0.4 is 10.1 Å². The molecule has 1 atom stereocenters. The first-order chi connectivity index (χ1) is 9.63. The summed E-state index contributed by atoms with van der Waals surface area (Å²) in [6.07, 6.45) is 0. The molecular formula is C16H15FN2O. The zero-order valence-electron chi connectivity index (χ0n) is 11.4. The summed E-state index contributed by atoms with van der Waals surface area (Å²) in [5, 5.41) is 12.0. The third-order valence-corrected chi connectivity index (χ3v) is 3.06. The minimum atomic E-state index is -0.339. The molecule has 0 fully saturated rings. The predicted octanol–water partition coefficient (Wildman–Crippen LogP) is 3.88. The van der Waals surface area contributed by atoms with Crippen molar-refractivity contribution in [3.63, 3.8) is 0 Å². The number of nitriles is 1. The second-order valence-electron chi connectivity index (χ2n) is 4.45. The van der Waals surface area contributed by atoms with Gasteiger partial charge in [0.1, 0.15) is 11.6 Å². The molecule has 0 radical (unpaired) electrons. The largest absolute Gasteiger partial charge is 0.497 e. The first-order valence-electron chi connectivity index (χ1n) is 6.24. The Kier molecular flexibility index (Phi) is 4.21. The number of hydrogen-bond acceptors (Lipinski definition) is 3. The molecule has 0 bridgehead atoms. The molecule has 0 heterocycles. The second-order valence-corrected chi connectivity index (χ2v) is 4.45.